The van der Waals surface area contributed by atoms with Gasteiger partial charge in [-0.15, -0.1) is 0 Å². The fourth-order valence-corrected chi connectivity index (χ4v) is 3.94. The molecule has 1 aromatic heterocycles. The Morgan fingerprint density at radius 3 is 2.30 bits per heavy atom. The third-order valence-corrected chi connectivity index (χ3v) is 6.31. The van der Waals surface area contributed by atoms with E-state index in [1.165, 1.54) is 17.9 Å². The number of piperidine rings is 1. The van der Waals surface area contributed by atoms with Crippen molar-refractivity contribution in [3.8, 4) is 0 Å². The van der Waals surface area contributed by atoms with E-state index in [1.54, 1.807) is 47.9 Å². The van der Waals surface area contributed by atoms with Gasteiger partial charge < -0.3 is 30.5 Å². The Morgan fingerprint density at radius 2 is 1.86 bits per heavy atom. The maximum atomic E-state index is 13.8. The molecule has 12 heteroatoms. The van der Waals surface area contributed by atoms with Crippen molar-refractivity contribution >= 4 is 23.4 Å². The minimum Gasteiger partial charge on any atom is -0.481 e. The largest absolute Gasteiger partial charge is 0.481 e. The Hall–Kier alpha value is -3.15. The fraction of sp³-hybridized carbons (Fsp3) is 0.640. The van der Waals surface area contributed by atoms with Gasteiger partial charge in [-0.25, -0.2) is 24.4 Å². The summed E-state index contributed by atoms with van der Waals surface area (Å²) in [5, 5.41) is 8.80. The number of alkyl halides is 2. The number of likely N-dealkylation sites (N-methyl/N-ethyl adjacent to an activating group) is 2. The molecule has 5 N–H and O–H groups in total. The molecule has 0 spiro atoms. The number of rotatable bonds is 5. The van der Waals surface area contributed by atoms with Gasteiger partial charge in [-0.2, -0.15) is 0 Å². The number of carbonyl (C=O) groups excluding carboxylic acids is 1. The van der Waals surface area contributed by atoms with Gasteiger partial charge in [0.15, 0.2) is 0 Å². The van der Waals surface area contributed by atoms with Crippen molar-refractivity contribution in [1.82, 2.24) is 19.8 Å². The number of carbonyl (C=O) groups is 2. The van der Waals surface area contributed by atoms with E-state index < -0.39 is 11.9 Å². The standard InChI is InChI=1S/C19H29F2N7O.C4H8.C2H4O2/c1-13-15(28-8-4-7-19(20,21)12-28)6-5-14(24-13)17(22)16(26(3)23)11-27-10-9-25(2)18(27)29;1-4-2-3-4;1-2(3)4/h5-6H,4,7-12,22-23H2,1-3H3;4H,2-3H2,1H3;1H3,(H,3,4)/b17-16-;;. The van der Waals surface area contributed by atoms with Crippen LogP contribution in [0.4, 0.5) is 19.3 Å². The van der Waals surface area contributed by atoms with Crippen molar-refractivity contribution < 1.29 is 23.5 Å². The average molecular weight is 526 g/mol. The Bertz CT molecular complexity index is 979. The predicted octanol–water partition coefficient (Wildman–Crippen LogP) is 2.93. The number of carboxylic acids is 1. The molecule has 0 bridgehead atoms. The smallest absolute Gasteiger partial charge is 0.320 e. The molecule has 10 nitrogen and oxygen atoms in total. The number of nitrogens with two attached hydrogens (primary N) is 2. The summed E-state index contributed by atoms with van der Waals surface area (Å²) in [6, 6.07) is 3.41. The highest BCUT2D eigenvalue weighted by atomic mass is 19.3. The Kier molecular flexibility index (Phi) is 10.5. The van der Waals surface area contributed by atoms with Gasteiger partial charge in [-0.3, -0.25) is 4.79 Å². The second-order valence-electron chi connectivity index (χ2n) is 9.98. The first-order chi connectivity index (χ1) is 17.2. The van der Waals surface area contributed by atoms with E-state index in [2.05, 4.69) is 11.9 Å². The monoisotopic (exact) mass is 525 g/mol. The summed E-state index contributed by atoms with van der Waals surface area (Å²) in [5.74, 6) is 3.54. The summed E-state index contributed by atoms with van der Waals surface area (Å²) in [6.45, 7) is 6.92. The lowest BCUT2D eigenvalue weighted by Gasteiger charge is -2.34. The van der Waals surface area contributed by atoms with Crippen LogP contribution in [0, 0.1) is 12.8 Å². The molecule has 2 amide bonds. The van der Waals surface area contributed by atoms with Gasteiger partial charge in [0.05, 0.1) is 41.6 Å². The van der Waals surface area contributed by atoms with Crippen LogP contribution in [0.5, 0.6) is 0 Å². The lowest BCUT2D eigenvalue weighted by Crippen LogP contribution is -2.43. The molecule has 0 unspecified atom stereocenters. The Morgan fingerprint density at radius 1 is 1.27 bits per heavy atom. The first-order valence-corrected chi connectivity index (χ1v) is 12.5. The van der Waals surface area contributed by atoms with Crippen molar-refractivity contribution in [2.24, 2.45) is 17.5 Å². The molecule has 0 atom stereocenters. The second kappa shape index (κ2) is 12.9. The van der Waals surface area contributed by atoms with Crippen LogP contribution in [0.25, 0.3) is 5.70 Å². The van der Waals surface area contributed by atoms with Crippen LogP contribution in [-0.2, 0) is 4.79 Å². The molecule has 3 aliphatic rings. The van der Waals surface area contributed by atoms with Crippen molar-refractivity contribution in [3.05, 3.63) is 29.2 Å². The summed E-state index contributed by atoms with van der Waals surface area (Å²) in [4.78, 5) is 30.7. The number of aromatic nitrogens is 1. The van der Waals surface area contributed by atoms with E-state index in [0.717, 1.165) is 12.8 Å². The van der Waals surface area contributed by atoms with Gasteiger partial charge >= 0.3 is 6.03 Å². The van der Waals surface area contributed by atoms with E-state index in [0.29, 0.717) is 54.5 Å². The summed E-state index contributed by atoms with van der Waals surface area (Å²) >= 11 is 0. The van der Waals surface area contributed by atoms with Crippen LogP contribution in [0.15, 0.2) is 17.8 Å². The summed E-state index contributed by atoms with van der Waals surface area (Å²) < 4.78 is 27.6. The zero-order chi connectivity index (χ0) is 27.9. The maximum absolute atomic E-state index is 13.8. The molecule has 1 aromatic rings. The summed E-state index contributed by atoms with van der Waals surface area (Å²) in [5.41, 5.74) is 9.08. The average Bonchev–Trinajstić information content (AvgIpc) is 3.52. The Balaban J connectivity index is 0.000000518. The van der Waals surface area contributed by atoms with Crippen molar-refractivity contribution in [2.45, 2.75) is 52.4 Å². The molecular formula is C25H41F2N7O3. The van der Waals surface area contributed by atoms with Crippen LogP contribution in [0.2, 0.25) is 0 Å². The second-order valence-corrected chi connectivity index (χ2v) is 9.98. The van der Waals surface area contributed by atoms with Crippen molar-refractivity contribution in [1.29, 1.82) is 0 Å². The summed E-state index contributed by atoms with van der Waals surface area (Å²) in [7, 11) is 3.40. The quantitative estimate of drug-likeness (QED) is 0.395. The van der Waals surface area contributed by atoms with Crippen molar-refractivity contribution in [3.63, 3.8) is 0 Å². The van der Waals surface area contributed by atoms with Gasteiger partial charge in [0, 0.05) is 47.1 Å². The first-order valence-electron chi connectivity index (χ1n) is 12.5. The third kappa shape index (κ3) is 9.34. The minimum absolute atomic E-state index is 0.0809. The number of anilines is 1. The Labute approximate surface area is 217 Å². The molecule has 37 heavy (non-hydrogen) atoms. The number of amides is 2. The number of aryl methyl sites for hydroxylation is 1. The molecule has 0 aromatic carbocycles. The normalized spacial score (nSPS) is 19.4. The van der Waals surface area contributed by atoms with Gasteiger partial charge in [-0.05, 0) is 31.4 Å². The number of pyridine rings is 1. The van der Waals surface area contributed by atoms with Crippen LogP contribution < -0.4 is 16.5 Å². The third-order valence-electron chi connectivity index (χ3n) is 6.31. The molecule has 2 aliphatic heterocycles. The van der Waals surface area contributed by atoms with Gasteiger partial charge in [0.1, 0.15) is 0 Å². The number of hydrogen-bond donors (Lipinski definition) is 3. The van der Waals surface area contributed by atoms with E-state index in [9.17, 15) is 13.6 Å². The highest BCUT2D eigenvalue weighted by Crippen LogP contribution is 2.31. The number of halogens is 2. The molecule has 3 heterocycles. The fourth-order valence-electron chi connectivity index (χ4n) is 3.94. The first kappa shape index (κ1) is 30.1. The van der Waals surface area contributed by atoms with Crippen LogP contribution in [-0.4, -0.2) is 89.6 Å². The lowest BCUT2D eigenvalue weighted by molar-refractivity contribution is -0.134. The topological polar surface area (TPSA) is 132 Å². The minimum atomic E-state index is -2.69. The number of nitrogens with zero attached hydrogens (tertiary/aromatic N) is 5. The van der Waals surface area contributed by atoms with E-state index in [4.69, 9.17) is 21.5 Å². The van der Waals surface area contributed by atoms with Crippen LogP contribution in [0.1, 0.15) is 50.9 Å². The van der Waals surface area contributed by atoms with Crippen molar-refractivity contribution in [2.75, 3.05) is 51.7 Å². The van der Waals surface area contributed by atoms with Gasteiger partial charge in [0.25, 0.3) is 11.9 Å². The lowest BCUT2D eigenvalue weighted by atomic mass is 10.1. The van der Waals surface area contributed by atoms with Gasteiger partial charge in [0.2, 0.25) is 0 Å². The number of urea groups is 1. The van der Waals surface area contributed by atoms with E-state index >= 15 is 0 Å². The molecule has 1 aliphatic carbocycles. The molecule has 208 valence electrons. The number of carboxylic acid groups (broad SMARTS) is 1. The highest BCUT2D eigenvalue weighted by Gasteiger charge is 2.36. The predicted molar refractivity (Wildman–Crippen MR) is 140 cm³/mol. The molecule has 2 saturated heterocycles. The summed E-state index contributed by atoms with van der Waals surface area (Å²) in [6.07, 6.45) is 3.33. The van der Waals surface area contributed by atoms with E-state index in [-0.39, 0.29) is 25.5 Å². The molecule has 4 rings (SSSR count). The molecular weight excluding hydrogens is 484 g/mol. The molecule has 0 radical (unpaired) electrons. The molecule has 3 fully saturated rings. The maximum Gasteiger partial charge on any atom is 0.320 e. The SMILES string of the molecule is CC(=O)O.CC1CC1.Cc1nc(/C(N)=C(\CN2CCN(C)C2=O)N(C)N)ccc1N1CCCC(F)(F)C1. The highest BCUT2D eigenvalue weighted by molar-refractivity contribution is 5.77. The zero-order valence-electron chi connectivity index (χ0n) is 22.5. The van der Waals surface area contributed by atoms with Crippen LogP contribution in [0.3, 0.4) is 0 Å². The number of hydrogen-bond acceptors (Lipinski definition) is 7. The zero-order valence-corrected chi connectivity index (χ0v) is 22.5. The van der Waals surface area contributed by atoms with E-state index in [1.807, 2.05) is 0 Å². The van der Waals surface area contributed by atoms with Gasteiger partial charge in [-0.1, -0.05) is 19.8 Å². The number of hydrazine groups is 1. The number of aliphatic carboxylic acids is 1. The molecule has 1 saturated carbocycles. The van der Waals surface area contributed by atoms with Crippen LogP contribution >= 0.6 is 0 Å².